The molecule has 29 heavy (non-hydrogen) atoms. The zero-order valence-corrected chi connectivity index (χ0v) is 18.7. The molecule has 0 radical (unpaired) electrons. The van der Waals surface area contributed by atoms with Crippen molar-refractivity contribution in [2.24, 2.45) is 5.10 Å². The van der Waals surface area contributed by atoms with Crippen LogP contribution >= 0.6 is 27.3 Å². The number of carbonyl (C=O) groups excluding carboxylic acids is 1. The highest BCUT2D eigenvalue weighted by molar-refractivity contribution is 9.10. The topological polar surface area (TPSA) is 78.8 Å². The van der Waals surface area contributed by atoms with Crippen LogP contribution in [0.4, 0.5) is 5.69 Å². The third-order valence-corrected chi connectivity index (χ3v) is 7.06. The number of nitrogens with zero attached hydrogens (tertiary/aromatic N) is 2. The van der Waals surface area contributed by atoms with Gasteiger partial charge in [-0.1, -0.05) is 39.7 Å². The number of sulfonamides is 1. The maximum atomic E-state index is 13.2. The van der Waals surface area contributed by atoms with Gasteiger partial charge in [-0.15, -0.1) is 11.3 Å². The van der Waals surface area contributed by atoms with E-state index in [1.54, 1.807) is 36.4 Å². The van der Waals surface area contributed by atoms with Crippen LogP contribution in [0.1, 0.15) is 10.4 Å². The van der Waals surface area contributed by atoms with Crippen molar-refractivity contribution in [3.63, 3.8) is 0 Å². The summed E-state index contributed by atoms with van der Waals surface area (Å²) in [7, 11) is -3.94. The number of hydrogen-bond donors (Lipinski definition) is 1. The van der Waals surface area contributed by atoms with Gasteiger partial charge < -0.3 is 0 Å². The zero-order valence-electron chi connectivity index (χ0n) is 15.4. The Morgan fingerprint density at radius 2 is 1.83 bits per heavy atom. The lowest BCUT2D eigenvalue weighted by molar-refractivity contribution is -0.119. The molecule has 1 amide bonds. The van der Waals surface area contributed by atoms with Crippen molar-refractivity contribution < 1.29 is 13.2 Å². The van der Waals surface area contributed by atoms with Crippen LogP contribution in [-0.2, 0) is 14.8 Å². The van der Waals surface area contributed by atoms with E-state index in [1.807, 2.05) is 24.4 Å². The van der Waals surface area contributed by atoms with E-state index in [-0.39, 0.29) is 4.90 Å². The summed E-state index contributed by atoms with van der Waals surface area (Å²) < 4.78 is 28.3. The van der Waals surface area contributed by atoms with Crippen molar-refractivity contribution in [2.45, 2.75) is 11.8 Å². The van der Waals surface area contributed by atoms with Crippen LogP contribution < -0.4 is 9.73 Å². The number of nitrogens with one attached hydrogen (secondary N) is 1. The van der Waals surface area contributed by atoms with Gasteiger partial charge in [-0.05, 0) is 54.8 Å². The predicted octanol–water partition coefficient (Wildman–Crippen LogP) is 4.16. The Kier molecular flexibility index (Phi) is 6.83. The van der Waals surface area contributed by atoms with Crippen LogP contribution in [0.2, 0.25) is 0 Å². The lowest BCUT2D eigenvalue weighted by atomic mass is 10.2. The number of aryl methyl sites for hydroxylation is 1. The number of rotatable bonds is 7. The Balaban J connectivity index is 1.85. The number of benzene rings is 2. The number of hydrazone groups is 1. The molecule has 3 aromatic rings. The van der Waals surface area contributed by atoms with Crippen LogP contribution in [0.15, 0.2) is 80.5 Å². The second-order valence-corrected chi connectivity index (χ2v) is 9.87. The molecule has 0 bridgehead atoms. The fourth-order valence-corrected chi connectivity index (χ4v) is 4.73. The summed E-state index contributed by atoms with van der Waals surface area (Å²) in [5.41, 5.74) is 3.71. The molecule has 0 atom stereocenters. The van der Waals surface area contributed by atoms with Gasteiger partial charge in [0.15, 0.2) is 0 Å². The molecule has 0 aliphatic rings. The molecular weight excluding hydrogens is 474 g/mol. The molecule has 1 N–H and O–H groups in total. The first-order valence-electron chi connectivity index (χ1n) is 8.56. The lowest BCUT2D eigenvalue weighted by Gasteiger charge is -2.23. The largest absolute Gasteiger partial charge is 0.271 e. The quantitative estimate of drug-likeness (QED) is 0.397. The van der Waals surface area contributed by atoms with Crippen LogP contribution in [0, 0.1) is 6.92 Å². The third-order valence-electron chi connectivity index (χ3n) is 3.94. The molecule has 150 valence electrons. The summed E-state index contributed by atoms with van der Waals surface area (Å²) in [5, 5.41) is 5.79. The number of halogens is 1. The first-order chi connectivity index (χ1) is 13.9. The van der Waals surface area contributed by atoms with Crippen molar-refractivity contribution in [2.75, 3.05) is 10.8 Å². The molecule has 0 unspecified atom stereocenters. The number of thiophene rings is 1. The molecule has 0 fully saturated rings. The molecule has 0 saturated heterocycles. The second kappa shape index (κ2) is 9.34. The number of amides is 1. The molecule has 0 spiro atoms. The van der Waals surface area contributed by atoms with Gasteiger partial charge in [0.05, 0.1) is 16.8 Å². The standard InChI is InChI=1S/C20H18BrN3O3S2/c1-15-4-10-19(11-5-15)29(26,27)24(17-8-6-16(21)7-9-17)14-20(25)23-22-13-18-3-2-12-28-18/h2-13H,14H2,1H3,(H,23,25)/b22-13-. The van der Waals surface area contributed by atoms with Gasteiger partial charge in [0.2, 0.25) is 0 Å². The Morgan fingerprint density at radius 3 is 2.45 bits per heavy atom. The monoisotopic (exact) mass is 491 g/mol. The molecule has 0 aliphatic carbocycles. The number of anilines is 1. The van der Waals surface area contributed by atoms with Crippen molar-refractivity contribution in [1.82, 2.24) is 5.43 Å². The van der Waals surface area contributed by atoms with Crippen molar-refractivity contribution in [1.29, 1.82) is 0 Å². The van der Waals surface area contributed by atoms with Gasteiger partial charge in [-0.2, -0.15) is 5.10 Å². The molecule has 0 aliphatic heterocycles. The fraction of sp³-hybridized carbons (Fsp3) is 0.100. The third kappa shape index (κ3) is 5.53. The minimum absolute atomic E-state index is 0.112. The minimum atomic E-state index is -3.94. The van der Waals surface area contributed by atoms with Crippen molar-refractivity contribution >= 4 is 55.1 Å². The van der Waals surface area contributed by atoms with Crippen molar-refractivity contribution in [3.05, 3.63) is 81.0 Å². The van der Waals surface area contributed by atoms with E-state index in [1.165, 1.54) is 29.7 Å². The predicted molar refractivity (Wildman–Crippen MR) is 120 cm³/mol. The smallest absolute Gasteiger partial charge is 0.264 e. The van der Waals surface area contributed by atoms with E-state index in [4.69, 9.17) is 0 Å². The van der Waals surface area contributed by atoms with Crippen LogP contribution in [0.25, 0.3) is 0 Å². The van der Waals surface area contributed by atoms with Gasteiger partial charge in [-0.3, -0.25) is 9.10 Å². The van der Waals surface area contributed by atoms with Gasteiger partial charge >= 0.3 is 0 Å². The van der Waals surface area contributed by atoms with Gasteiger partial charge in [0.25, 0.3) is 15.9 Å². The summed E-state index contributed by atoms with van der Waals surface area (Å²) in [5.74, 6) is -0.545. The first kappa shape index (κ1) is 21.2. The summed E-state index contributed by atoms with van der Waals surface area (Å²) in [6, 6.07) is 17.0. The van der Waals surface area contributed by atoms with E-state index >= 15 is 0 Å². The normalized spacial score (nSPS) is 11.5. The molecule has 3 rings (SSSR count). The van der Waals surface area contributed by atoms with Gasteiger partial charge in [0.1, 0.15) is 6.54 Å². The highest BCUT2D eigenvalue weighted by Crippen LogP contribution is 2.25. The Hall–Kier alpha value is -2.49. The highest BCUT2D eigenvalue weighted by Gasteiger charge is 2.27. The van der Waals surface area contributed by atoms with Crippen LogP contribution in [0.5, 0.6) is 0 Å². The zero-order chi connectivity index (χ0) is 20.9. The van der Waals surface area contributed by atoms with E-state index in [0.29, 0.717) is 5.69 Å². The van der Waals surface area contributed by atoms with E-state index < -0.39 is 22.5 Å². The number of carbonyl (C=O) groups is 1. The second-order valence-electron chi connectivity index (χ2n) is 6.11. The van der Waals surface area contributed by atoms with E-state index in [0.717, 1.165) is 19.2 Å². The van der Waals surface area contributed by atoms with Crippen LogP contribution in [0.3, 0.4) is 0 Å². The summed E-state index contributed by atoms with van der Waals surface area (Å²) in [6.07, 6.45) is 1.51. The highest BCUT2D eigenvalue weighted by atomic mass is 79.9. The lowest BCUT2D eigenvalue weighted by Crippen LogP contribution is -2.39. The van der Waals surface area contributed by atoms with Crippen molar-refractivity contribution in [3.8, 4) is 0 Å². The Morgan fingerprint density at radius 1 is 1.14 bits per heavy atom. The molecule has 6 nitrogen and oxygen atoms in total. The average Bonchev–Trinajstić information content (AvgIpc) is 3.21. The molecular formula is C20H18BrN3O3S2. The molecule has 2 aromatic carbocycles. The van der Waals surface area contributed by atoms with Gasteiger partial charge in [-0.25, -0.2) is 13.8 Å². The SMILES string of the molecule is Cc1ccc(S(=O)(=O)N(CC(=O)N/N=C\c2cccs2)c2ccc(Br)cc2)cc1. The fourth-order valence-electron chi connectivity index (χ4n) is 2.46. The average molecular weight is 492 g/mol. The van der Waals surface area contributed by atoms with Gasteiger partial charge in [0, 0.05) is 9.35 Å². The minimum Gasteiger partial charge on any atom is -0.271 e. The Bertz CT molecular complexity index is 1090. The molecule has 0 saturated carbocycles. The summed E-state index contributed by atoms with van der Waals surface area (Å²) >= 11 is 4.81. The van der Waals surface area contributed by atoms with E-state index in [9.17, 15) is 13.2 Å². The maximum absolute atomic E-state index is 13.2. The maximum Gasteiger partial charge on any atom is 0.264 e. The first-order valence-corrected chi connectivity index (χ1v) is 11.7. The number of hydrogen-bond acceptors (Lipinski definition) is 5. The van der Waals surface area contributed by atoms with E-state index in [2.05, 4.69) is 26.5 Å². The molecule has 9 heteroatoms. The Labute approximate surface area is 182 Å². The molecule has 1 heterocycles. The molecule has 1 aromatic heterocycles. The summed E-state index contributed by atoms with van der Waals surface area (Å²) in [6.45, 7) is 1.47. The van der Waals surface area contributed by atoms with Crippen LogP contribution in [-0.4, -0.2) is 27.1 Å². The summed E-state index contributed by atoms with van der Waals surface area (Å²) in [4.78, 5) is 13.4.